The molecular formula is C36H54N8O8S3. The van der Waals surface area contributed by atoms with Gasteiger partial charge in [0.15, 0.2) is 0 Å². The number of rotatable bonds is 26. The van der Waals surface area contributed by atoms with Gasteiger partial charge in [0.05, 0.1) is 13.1 Å². The third-order valence-electron chi connectivity index (χ3n) is 7.24. The van der Waals surface area contributed by atoms with Crippen molar-refractivity contribution in [3.05, 3.63) is 71.8 Å². The number of carbonyl (C=O) groups is 6. The van der Waals surface area contributed by atoms with Crippen LogP contribution in [0.25, 0.3) is 0 Å². The molecule has 55 heavy (non-hydrogen) atoms. The van der Waals surface area contributed by atoms with Gasteiger partial charge >= 0.3 is 24.2 Å². The third-order valence-corrected chi connectivity index (χ3v) is 11.4. The van der Waals surface area contributed by atoms with Gasteiger partial charge in [-0.2, -0.15) is 0 Å². The molecule has 0 aliphatic carbocycles. The minimum atomic E-state index is -0.858. The molecule has 0 aliphatic heterocycles. The van der Waals surface area contributed by atoms with Crippen molar-refractivity contribution in [2.24, 2.45) is 0 Å². The Morgan fingerprint density at radius 2 is 0.964 bits per heavy atom. The summed E-state index contributed by atoms with van der Waals surface area (Å²) in [6.07, 6.45) is -0.247. The zero-order valence-corrected chi connectivity index (χ0v) is 33.9. The highest BCUT2D eigenvalue weighted by Crippen LogP contribution is 2.34. The summed E-state index contributed by atoms with van der Waals surface area (Å²) in [6, 6.07) is 16.5. The number of carbonyl (C=O) groups excluding carboxylic acids is 6. The molecule has 8 amide bonds. The highest BCUT2D eigenvalue weighted by atomic mass is 33.5. The van der Waals surface area contributed by atoms with E-state index in [1.54, 1.807) is 24.3 Å². The Balaban J connectivity index is 1.87. The zero-order valence-electron chi connectivity index (χ0n) is 31.5. The SMILES string of the molecule is CCNCCCNC(=O)CNC(=O)N(CCSSSCCN(C(=O)NCC(=O)NCCCNCC)C(=O)OCc1ccccc1)C(=O)OCc1ccccc1. The lowest BCUT2D eigenvalue weighted by atomic mass is 10.2. The second-order valence-corrected chi connectivity index (χ2v) is 16.0. The predicted molar refractivity (Wildman–Crippen MR) is 218 cm³/mol. The number of amides is 8. The van der Waals surface area contributed by atoms with Crippen LogP contribution in [0.15, 0.2) is 60.7 Å². The lowest BCUT2D eigenvalue weighted by Gasteiger charge is -2.21. The van der Waals surface area contributed by atoms with E-state index in [2.05, 4.69) is 31.9 Å². The van der Waals surface area contributed by atoms with Crippen LogP contribution in [0.5, 0.6) is 0 Å². The number of urea groups is 2. The average Bonchev–Trinajstić information content (AvgIpc) is 3.20. The minimum Gasteiger partial charge on any atom is -0.444 e. The van der Waals surface area contributed by atoms with E-state index in [4.69, 9.17) is 9.47 Å². The first-order valence-electron chi connectivity index (χ1n) is 18.1. The van der Waals surface area contributed by atoms with E-state index in [1.165, 1.54) is 31.4 Å². The number of hydrogen-bond donors (Lipinski definition) is 6. The van der Waals surface area contributed by atoms with E-state index in [0.29, 0.717) is 24.6 Å². The molecule has 16 nitrogen and oxygen atoms in total. The van der Waals surface area contributed by atoms with Gasteiger partial charge in [0.1, 0.15) is 13.2 Å². The van der Waals surface area contributed by atoms with Crippen molar-refractivity contribution in [3.8, 4) is 0 Å². The van der Waals surface area contributed by atoms with Crippen LogP contribution in [-0.2, 0) is 32.3 Å². The van der Waals surface area contributed by atoms with Crippen molar-refractivity contribution in [2.75, 3.05) is 77.0 Å². The van der Waals surface area contributed by atoms with Crippen LogP contribution < -0.4 is 31.9 Å². The Kier molecular flexibility index (Phi) is 25.7. The predicted octanol–water partition coefficient (Wildman–Crippen LogP) is 3.94. The first-order valence-corrected chi connectivity index (χ1v) is 21.9. The van der Waals surface area contributed by atoms with Crippen molar-refractivity contribution in [2.45, 2.75) is 39.9 Å². The molecule has 0 fully saturated rings. The first-order chi connectivity index (χ1) is 26.7. The Hall–Kier alpha value is -4.17. The molecule has 0 spiro atoms. The highest BCUT2D eigenvalue weighted by Gasteiger charge is 2.25. The number of nitrogens with one attached hydrogen (secondary N) is 6. The molecule has 0 atom stereocenters. The van der Waals surface area contributed by atoms with Crippen LogP contribution >= 0.6 is 31.4 Å². The quantitative estimate of drug-likeness (QED) is 0.0590. The summed E-state index contributed by atoms with van der Waals surface area (Å²) in [7, 11) is 4.04. The van der Waals surface area contributed by atoms with Crippen LogP contribution in [0.2, 0.25) is 0 Å². The van der Waals surface area contributed by atoms with Crippen LogP contribution in [0.3, 0.4) is 0 Å². The number of nitrogens with zero attached hydrogens (tertiary/aromatic N) is 2. The number of benzene rings is 2. The molecule has 2 rings (SSSR count). The molecule has 0 bridgehead atoms. The molecule has 2 aromatic rings. The molecule has 304 valence electrons. The molecule has 0 unspecified atom stereocenters. The molecule has 0 heterocycles. The Labute approximate surface area is 334 Å². The highest BCUT2D eigenvalue weighted by molar-refractivity contribution is 9.09. The van der Waals surface area contributed by atoms with E-state index in [0.717, 1.165) is 59.9 Å². The third kappa shape index (κ3) is 22.1. The van der Waals surface area contributed by atoms with Gasteiger partial charge in [-0.3, -0.25) is 9.59 Å². The fourth-order valence-corrected chi connectivity index (χ4v) is 7.98. The normalized spacial score (nSPS) is 10.5. The smallest absolute Gasteiger partial charge is 0.418 e. The minimum absolute atomic E-state index is 0.0144. The fourth-order valence-electron chi connectivity index (χ4n) is 4.37. The molecule has 0 aromatic heterocycles. The largest absolute Gasteiger partial charge is 0.444 e. The molecule has 0 saturated heterocycles. The number of imide groups is 2. The second kappa shape index (κ2) is 30.1. The van der Waals surface area contributed by atoms with Gasteiger partial charge in [-0.1, -0.05) is 96.1 Å². The van der Waals surface area contributed by atoms with Crippen LogP contribution in [0.4, 0.5) is 19.2 Å². The molecule has 6 N–H and O–H groups in total. The molecule has 0 radical (unpaired) electrons. The summed E-state index contributed by atoms with van der Waals surface area (Å²) in [5.74, 6) is -0.131. The Bertz CT molecular complexity index is 1330. The zero-order chi connectivity index (χ0) is 39.9. The van der Waals surface area contributed by atoms with Crippen molar-refractivity contribution in [1.29, 1.82) is 0 Å². The summed E-state index contributed by atoms with van der Waals surface area (Å²) >= 11 is 0. The molecular weight excluding hydrogens is 769 g/mol. The summed E-state index contributed by atoms with van der Waals surface area (Å²) < 4.78 is 10.8. The van der Waals surface area contributed by atoms with Gasteiger partial charge in [-0.25, -0.2) is 29.0 Å². The van der Waals surface area contributed by atoms with Crippen molar-refractivity contribution >= 4 is 67.5 Å². The molecule has 2 aromatic carbocycles. The number of ether oxygens (including phenoxy) is 2. The summed E-state index contributed by atoms with van der Waals surface area (Å²) in [6.45, 7) is 7.34. The van der Waals surface area contributed by atoms with E-state index >= 15 is 0 Å². The lowest BCUT2D eigenvalue weighted by Crippen LogP contribution is -2.48. The maximum absolute atomic E-state index is 13.0. The van der Waals surface area contributed by atoms with Gasteiger partial charge in [-0.15, -0.1) is 0 Å². The standard InChI is InChI=1S/C36H54N8O8S3/c1-3-37-17-11-19-39-31(45)25-41-33(47)43(35(49)51-27-29-13-7-5-8-14-29)21-23-53-55-54-24-22-44(36(50)52-28-30-15-9-6-10-16-30)34(48)42-26-32(46)40-20-12-18-38-4-2/h5-10,13-16,37-38H,3-4,11-12,17-28H2,1-2H3,(H,39,45)(H,40,46)(H,41,47)(H,42,48). The summed E-state index contributed by atoms with van der Waals surface area (Å²) in [5, 5.41) is 16.8. The van der Waals surface area contributed by atoms with E-state index in [1.807, 2.05) is 50.2 Å². The van der Waals surface area contributed by atoms with Crippen LogP contribution in [0, 0.1) is 0 Å². The average molecular weight is 823 g/mol. The fraction of sp³-hybridized carbons (Fsp3) is 0.500. The molecule has 19 heteroatoms. The van der Waals surface area contributed by atoms with Crippen LogP contribution in [-0.4, -0.2) is 123 Å². The monoisotopic (exact) mass is 822 g/mol. The van der Waals surface area contributed by atoms with Gasteiger partial charge < -0.3 is 41.4 Å². The Morgan fingerprint density at radius 1 is 0.564 bits per heavy atom. The molecule has 0 aliphatic rings. The maximum atomic E-state index is 13.0. The van der Waals surface area contributed by atoms with Crippen molar-refractivity contribution in [1.82, 2.24) is 41.7 Å². The first kappa shape index (κ1) is 47.0. The van der Waals surface area contributed by atoms with Gasteiger partial charge in [-0.05, 0) is 60.0 Å². The molecule has 0 saturated carbocycles. The summed E-state index contributed by atoms with van der Waals surface area (Å²) in [5.41, 5.74) is 1.50. The van der Waals surface area contributed by atoms with Crippen molar-refractivity contribution < 1.29 is 38.2 Å². The van der Waals surface area contributed by atoms with Gasteiger partial charge in [0, 0.05) is 37.7 Å². The van der Waals surface area contributed by atoms with Gasteiger partial charge in [0.2, 0.25) is 11.8 Å². The Morgan fingerprint density at radius 3 is 1.35 bits per heavy atom. The van der Waals surface area contributed by atoms with E-state index in [-0.39, 0.29) is 51.2 Å². The number of hydrogen-bond acceptors (Lipinski definition) is 13. The van der Waals surface area contributed by atoms with Crippen molar-refractivity contribution in [3.63, 3.8) is 0 Å². The van der Waals surface area contributed by atoms with E-state index in [9.17, 15) is 28.8 Å². The van der Waals surface area contributed by atoms with Crippen LogP contribution in [0.1, 0.15) is 37.8 Å². The second-order valence-electron chi connectivity index (χ2n) is 11.5. The maximum Gasteiger partial charge on any atom is 0.418 e. The topological polar surface area (TPSA) is 200 Å². The van der Waals surface area contributed by atoms with E-state index < -0.39 is 24.2 Å². The lowest BCUT2D eigenvalue weighted by molar-refractivity contribution is -0.120. The van der Waals surface area contributed by atoms with Gasteiger partial charge in [0.25, 0.3) is 0 Å². The summed E-state index contributed by atoms with van der Waals surface area (Å²) in [4.78, 5) is 78.3.